The van der Waals surface area contributed by atoms with E-state index in [-0.39, 0.29) is 5.97 Å². The number of methoxy groups -OCH3 is 1. The Bertz CT molecular complexity index is 1080. The number of benzene rings is 2. The highest BCUT2D eigenvalue weighted by Crippen LogP contribution is 2.25. The molecule has 0 aliphatic carbocycles. The molecule has 1 aliphatic rings. The summed E-state index contributed by atoms with van der Waals surface area (Å²) >= 11 is 0. The summed E-state index contributed by atoms with van der Waals surface area (Å²) in [4.78, 5) is 26.4. The van der Waals surface area contributed by atoms with Crippen molar-refractivity contribution in [3.63, 3.8) is 0 Å². The zero-order chi connectivity index (χ0) is 25.4. The fraction of sp³-hybridized carbons (Fsp3) is 0.464. The third kappa shape index (κ3) is 8.20. The molecule has 2 aromatic rings. The smallest absolute Gasteiger partial charge is 0.337 e. The topological polar surface area (TPSA) is 88.9 Å². The molecule has 2 aromatic carbocycles. The molecule has 0 aromatic heterocycles. The van der Waals surface area contributed by atoms with E-state index in [0.29, 0.717) is 36.8 Å². The van der Waals surface area contributed by atoms with Gasteiger partial charge in [-0.2, -0.15) is 5.26 Å². The highest BCUT2D eigenvalue weighted by atomic mass is 16.6. The lowest BCUT2D eigenvalue weighted by atomic mass is 9.97. The van der Waals surface area contributed by atoms with Crippen LogP contribution in [0.5, 0.6) is 0 Å². The summed E-state index contributed by atoms with van der Waals surface area (Å²) < 4.78 is 16.4. The fourth-order valence-electron chi connectivity index (χ4n) is 4.16. The van der Waals surface area contributed by atoms with E-state index in [4.69, 9.17) is 14.2 Å². The number of ether oxygens (including phenoxy) is 3. The van der Waals surface area contributed by atoms with Crippen LogP contribution in [0.1, 0.15) is 55.1 Å². The van der Waals surface area contributed by atoms with Gasteiger partial charge in [-0.3, -0.25) is 9.69 Å². The highest BCUT2D eigenvalue weighted by Gasteiger charge is 2.24. The quantitative estimate of drug-likeness (QED) is 0.513. The molecule has 1 fully saturated rings. The van der Waals surface area contributed by atoms with E-state index in [1.807, 2.05) is 39.0 Å². The van der Waals surface area contributed by atoms with E-state index in [1.165, 1.54) is 7.11 Å². The van der Waals surface area contributed by atoms with Crippen LogP contribution in [0.3, 0.4) is 0 Å². The first-order valence-corrected chi connectivity index (χ1v) is 11.9. The molecule has 0 bridgehead atoms. The lowest BCUT2D eigenvalue weighted by Gasteiger charge is -2.32. The molecule has 0 unspecified atom stereocenters. The minimum Gasteiger partial charge on any atom is -0.465 e. The maximum Gasteiger partial charge on any atom is 0.337 e. The van der Waals surface area contributed by atoms with Crippen molar-refractivity contribution in [2.24, 2.45) is 5.92 Å². The van der Waals surface area contributed by atoms with Crippen molar-refractivity contribution in [1.29, 1.82) is 5.26 Å². The molecule has 0 atom stereocenters. The zero-order valence-corrected chi connectivity index (χ0v) is 21.0. The Morgan fingerprint density at radius 1 is 1.09 bits per heavy atom. The third-order valence-electron chi connectivity index (χ3n) is 5.84. The number of carbonyl (C=O) groups is 2. The number of hydrogen-bond donors (Lipinski definition) is 0. The summed E-state index contributed by atoms with van der Waals surface area (Å²) in [6.45, 7) is 8.61. The Morgan fingerprint density at radius 2 is 1.83 bits per heavy atom. The molecule has 7 heteroatoms. The monoisotopic (exact) mass is 478 g/mol. The largest absolute Gasteiger partial charge is 0.465 e. The van der Waals surface area contributed by atoms with Crippen molar-refractivity contribution < 1.29 is 23.8 Å². The van der Waals surface area contributed by atoms with Crippen LogP contribution in [0.15, 0.2) is 42.5 Å². The minimum absolute atomic E-state index is 0.186. The summed E-state index contributed by atoms with van der Waals surface area (Å²) in [6.07, 6.45) is 1.91. The maximum atomic E-state index is 12.2. The number of hydrogen-bond acceptors (Lipinski definition) is 7. The van der Waals surface area contributed by atoms with Crippen LogP contribution in [0, 0.1) is 17.2 Å². The van der Waals surface area contributed by atoms with Crippen LogP contribution >= 0.6 is 0 Å². The van der Waals surface area contributed by atoms with Gasteiger partial charge in [0.2, 0.25) is 0 Å². The first-order valence-electron chi connectivity index (χ1n) is 11.9. The second kappa shape index (κ2) is 12.0. The van der Waals surface area contributed by atoms with Crippen LogP contribution in [0.2, 0.25) is 0 Å². The molecule has 0 spiro atoms. The van der Waals surface area contributed by atoms with Gasteiger partial charge in [-0.15, -0.1) is 0 Å². The van der Waals surface area contributed by atoms with Crippen LogP contribution in [-0.2, 0) is 25.6 Å². The molecule has 186 valence electrons. The number of esters is 2. The van der Waals surface area contributed by atoms with E-state index in [2.05, 4.69) is 11.0 Å². The number of nitrogens with zero attached hydrogens (tertiary/aromatic N) is 2. The van der Waals surface area contributed by atoms with Gasteiger partial charge in [0.1, 0.15) is 5.60 Å². The van der Waals surface area contributed by atoms with Crippen LogP contribution in [0.4, 0.5) is 0 Å². The summed E-state index contributed by atoms with van der Waals surface area (Å²) in [6, 6.07) is 15.0. The normalized spacial score (nSPS) is 14.8. The summed E-state index contributed by atoms with van der Waals surface area (Å²) in [5.41, 5.74) is 3.09. The Labute approximate surface area is 207 Å². The number of piperidine rings is 1. The van der Waals surface area contributed by atoms with Gasteiger partial charge in [-0.25, -0.2) is 4.79 Å². The van der Waals surface area contributed by atoms with Crippen molar-refractivity contribution in [1.82, 2.24) is 4.90 Å². The Kier molecular flexibility index (Phi) is 9.02. The van der Waals surface area contributed by atoms with Gasteiger partial charge in [-0.1, -0.05) is 12.1 Å². The molecule has 1 aliphatic heterocycles. The first kappa shape index (κ1) is 26.4. The maximum absolute atomic E-state index is 12.2. The number of likely N-dealkylation sites (tertiary alicyclic amines) is 1. The Balaban J connectivity index is 1.56. The van der Waals surface area contributed by atoms with Gasteiger partial charge in [0, 0.05) is 6.61 Å². The molecule has 0 saturated carbocycles. The van der Waals surface area contributed by atoms with Crippen LogP contribution in [0.25, 0.3) is 11.1 Å². The summed E-state index contributed by atoms with van der Waals surface area (Å²) in [5, 5.41) is 9.22. The van der Waals surface area contributed by atoms with E-state index < -0.39 is 11.6 Å². The lowest BCUT2D eigenvalue weighted by molar-refractivity contribution is -0.156. The van der Waals surface area contributed by atoms with Gasteiger partial charge < -0.3 is 14.2 Å². The summed E-state index contributed by atoms with van der Waals surface area (Å²) in [5.74, 6) is -0.184. The van der Waals surface area contributed by atoms with E-state index >= 15 is 0 Å². The van der Waals surface area contributed by atoms with Gasteiger partial charge in [-0.05, 0) is 99.6 Å². The SMILES string of the molecule is COC(=O)c1cc(COCC2CCN(CC(=O)OC(C)(C)C)CC2)cc(-c2cccc(C#N)c2)c1. The molecule has 1 heterocycles. The minimum atomic E-state index is -0.465. The predicted octanol–water partition coefficient (Wildman–Crippen LogP) is 4.58. The Morgan fingerprint density at radius 3 is 2.49 bits per heavy atom. The third-order valence-corrected chi connectivity index (χ3v) is 5.84. The van der Waals surface area contributed by atoms with Gasteiger partial charge in [0.15, 0.2) is 0 Å². The molecule has 0 N–H and O–H groups in total. The molecule has 7 nitrogen and oxygen atoms in total. The van der Waals surface area contributed by atoms with E-state index in [9.17, 15) is 14.9 Å². The standard InChI is InChI=1S/C28H34N2O5/c1-28(2,3)35-26(31)17-30-10-8-20(9-11-30)18-34-19-22-13-24(15-25(14-22)27(32)33-4)23-7-5-6-21(12-23)16-29/h5-7,12-15,20H,8-11,17-19H2,1-4H3. The number of rotatable bonds is 8. The molecule has 0 amide bonds. The van der Waals surface area contributed by atoms with Crippen molar-refractivity contribution in [3.8, 4) is 17.2 Å². The average Bonchev–Trinajstić information content (AvgIpc) is 2.83. The van der Waals surface area contributed by atoms with E-state index in [0.717, 1.165) is 42.6 Å². The summed E-state index contributed by atoms with van der Waals surface area (Å²) in [7, 11) is 1.36. The molecule has 3 rings (SSSR count). The molecular weight excluding hydrogens is 444 g/mol. The molecule has 1 saturated heterocycles. The van der Waals surface area contributed by atoms with Crippen molar-refractivity contribution in [2.75, 3.05) is 33.4 Å². The van der Waals surface area contributed by atoms with Gasteiger partial charge in [0.05, 0.1) is 37.5 Å². The van der Waals surface area contributed by atoms with Crippen LogP contribution < -0.4 is 0 Å². The average molecular weight is 479 g/mol. The highest BCUT2D eigenvalue weighted by molar-refractivity contribution is 5.91. The number of nitriles is 1. The van der Waals surface area contributed by atoms with Crippen molar-refractivity contribution >= 4 is 11.9 Å². The predicted molar refractivity (Wildman–Crippen MR) is 133 cm³/mol. The second-order valence-corrected chi connectivity index (χ2v) is 9.92. The number of carbonyl (C=O) groups excluding carboxylic acids is 2. The van der Waals surface area contributed by atoms with Gasteiger partial charge >= 0.3 is 11.9 Å². The van der Waals surface area contributed by atoms with Crippen LogP contribution in [-0.4, -0.2) is 55.8 Å². The Hall–Kier alpha value is -3.21. The second-order valence-electron chi connectivity index (χ2n) is 9.92. The van der Waals surface area contributed by atoms with Crippen molar-refractivity contribution in [2.45, 2.75) is 45.8 Å². The molecule has 0 radical (unpaired) electrons. The lowest BCUT2D eigenvalue weighted by Crippen LogP contribution is -2.40. The fourth-order valence-corrected chi connectivity index (χ4v) is 4.16. The molecule has 35 heavy (non-hydrogen) atoms. The van der Waals surface area contributed by atoms with Crippen molar-refractivity contribution in [3.05, 3.63) is 59.2 Å². The zero-order valence-electron chi connectivity index (χ0n) is 21.0. The van der Waals surface area contributed by atoms with E-state index in [1.54, 1.807) is 24.3 Å². The first-order chi connectivity index (χ1) is 16.7. The molecular formula is C28H34N2O5. The van der Waals surface area contributed by atoms with Gasteiger partial charge in [0.25, 0.3) is 0 Å².